The average molecular weight is 363 g/mol. The Kier molecular flexibility index (Phi) is 3.85. The van der Waals surface area contributed by atoms with E-state index in [1.807, 2.05) is 0 Å². The van der Waals surface area contributed by atoms with Crippen molar-refractivity contribution in [3.63, 3.8) is 0 Å². The minimum atomic E-state index is -0.842. The lowest BCUT2D eigenvalue weighted by Gasteiger charge is -2.25. The van der Waals surface area contributed by atoms with E-state index in [4.69, 9.17) is 9.47 Å². The number of anilines is 1. The highest BCUT2D eigenvalue weighted by Crippen LogP contribution is 2.31. The molecule has 0 bridgehead atoms. The maximum Gasteiger partial charge on any atom is 0.283 e. The average Bonchev–Trinajstić information content (AvgIpc) is 3.02. The lowest BCUT2D eigenvalue weighted by molar-refractivity contribution is -0.129. The Morgan fingerprint density at radius 3 is 2.88 bits per heavy atom. The quantitative estimate of drug-likeness (QED) is 0.700. The van der Waals surface area contributed by atoms with Crippen LogP contribution in [0.4, 0.5) is 13.9 Å². The Bertz CT molecular complexity index is 963. The van der Waals surface area contributed by atoms with Gasteiger partial charge < -0.3 is 9.47 Å². The van der Waals surface area contributed by atoms with Crippen LogP contribution in [0.5, 0.6) is 11.5 Å². The number of carbonyl (C=O) groups is 1. The molecule has 3 aromatic rings. The van der Waals surface area contributed by atoms with Crippen LogP contribution >= 0.6 is 11.3 Å². The normalized spacial score (nSPS) is 15.8. The molecule has 25 heavy (non-hydrogen) atoms. The van der Waals surface area contributed by atoms with Gasteiger partial charge in [-0.15, -0.1) is 0 Å². The lowest BCUT2D eigenvalue weighted by Crippen LogP contribution is -2.45. The van der Waals surface area contributed by atoms with Gasteiger partial charge in [-0.2, -0.15) is 0 Å². The molecule has 1 amide bonds. The molecule has 0 radical (unpaired) electrons. The first-order valence-electron chi connectivity index (χ1n) is 7.30. The highest BCUT2D eigenvalue weighted by molar-refractivity contribution is 7.22. The molecule has 9 heteroatoms. The van der Waals surface area contributed by atoms with Gasteiger partial charge in [0.15, 0.2) is 17.3 Å². The summed E-state index contributed by atoms with van der Waals surface area (Å²) in [7, 11) is 0. The van der Waals surface area contributed by atoms with Crippen LogP contribution in [0.15, 0.2) is 36.4 Å². The molecule has 6 nitrogen and oxygen atoms in total. The lowest BCUT2D eigenvalue weighted by atomic mass is 10.2. The molecule has 2 aromatic carbocycles. The molecule has 0 aliphatic carbocycles. The largest absolute Gasteiger partial charge is 0.485 e. The second-order valence-corrected chi connectivity index (χ2v) is 6.26. The molecule has 2 N–H and O–H groups in total. The summed E-state index contributed by atoms with van der Waals surface area (Å²) in [4.78, 5) is 16.2. The van der Waals surface area contributed by atoms with E-state index in [2.05, 4.69) is 15.8 Å². The first kappa shape index (κ1) is 15.6. The molecule has 0 unspecified atom stereocenters. The van der Waals surface area contributed by atoms with Crippen LogP contribution in [0.1, 0.15) is 0 Å². The van der Waals surface area contributed by atoms with Gasteiger partial charge in [0.2, 0.25) is 11.2 Å². The molecule has 0 fully saturated rings. The van der Waals surface area contributed by atoms with E-state index < -0.39 is 23.6 Å². The SMILES string of the molecule is O=C(NNc1nc2c(F)cc(F)cc2s1)[C@@H]1COc2ccccc2O1. The second kappa shape index (κ2) is 6.17. The van der Waals surface area contributed by atoms with Crippen molar-refractivity contribution in [1.29, 1.82) is 0 Å². The molecule has 1 atom stereocenters. The highest BCUT2D eigenvalue weighted by Gasteiger charge is 2.27. The van der Waals surface area contributed by atoms with Crippen molar-refractivity contribution in [2.75, 3.05) is 12.0 Å². The van der Waals surface area contributed by atoms with Crippen molar-refractivity contribution >= 4 is 32.6 Å². The van der Waals surface area contributed by atoms with Crippen LogP contribution in [0.2, 0.25) is 0 Å². The van der Waals surface area contributed by atoms with E-state index in [1.54, 1.807) is 24.3 Å². The minimum absolute atomic E-state index is 0.0364. The van der Waals surface area contributed by atoms with Gasteiger partial charge >= 0.3 is 0 Å². The molecule has 0 saturated carbocycles. The first-order valence-corrected chi connectivity index (χ1v) is 8.12. The van der Waals surface area contributed by atoms with Gasteiger partial charge in [0.25, 0.3) is 5.91 Å². The number of rotatable bonds is 3. The number of ether oxygens (including phenoxy) is 2. The smallest absolute Gasteiger partial charge is 0.283 e. The van der Waals surface area contributed by atoms with Crippen molar-refractivity contribution in [1.82, 2.24) is 10.4 Å². The number of nitrogens with zero attached hydrogens (tertiary/aromatic N) is 1. The van der Waals surface area contributed by atoms with E-state index in [9.17, 15) is 13.6 Å². The van der Waals surface area contributed by atoms with Crippen LogP contribution in [0, 0.1) is 11.6 Å². The molecule has 0 saturated heterocycles. The zero-order valence-corrected chi connectivity index (χ0v) is 13.4. The van der Waals surface area contributed by atoms with Crippen LogP contribution in [-0.4, -0.2) is 23.6 Å². The Hall–Kier alpha value is -2.94. The second-order valence-electron chi connectivity index (χ2n) is 5.23. The monoisotopic (exact) mass is 363 g/mol. The van der Waals surface area contributed by atoms with E-state index >= 15 is 0 Å². The Morgan fingerprint density at radius 2 is 2.04 bits per heavy atom. The number of aromatic nitrogens is 1. The number of halogens is 2. The third kappa shape index (κ3) is 3.05. The van der Waals surface area contributed by atoms with Crippen LogP contribution in [-0.2, 0) is 4.79 Å². The maximum atomic E-state index is 13.6. The number of thiazole rings is 1. The van der Waals surface area contributed by atoms with Crippen LogP contribution in [0.25, 0.3) is 10.2 Å². The van der Waals surface area contributed by atoms with Gasteiger partial charge in [-0.1, -0.05) is 23.5 Å². The predicted octanol–water partition coefficient (Wildman–Crippen LogP) is 2.86. The van der Waals surface area contributed by atoms with Crippen LogP contribution in [0.3, 0.4) is 0 Å². The fourth-order valence-electron chi connectivity index (χ4n) is 2.35. The summed E-state index contributed by atoms with van der Waals surface area (Å²) in [5, 5.41) is 0.227. The topological polar surface area (TPSA) is 72.5 Å². The summed E-state index contributed by atoms with van der Waals surface area (Å²) in [6, 6.07) is 8.96. The van der Waals surface area contributed by atoms with Gasteiger partial charge in [0.1, 0.15) is 17.9 Å². The molecular formula is C16H11F2N3O3S. The fraction of sp³-hybridized carbons (Fsp3) is 0.125. The van der Waals surface area contributed by atoms with Crippen molar-refractivity contribution in [3.05, 3.63) is 48.0 Å². The van der Waals surface area contributed by atoms with E-state index in [-0.39, 0.29) is 17.3 Å². The number of nitrogens with one attached hydrogen (secondary N) is 2. The summed E-state index contributed by atoms with van der Waals surface area (Å²) in [6.07, 6.45) is -0.842. The Labute approximate surface area is 144 Å². The van der Waals surface area contributed by atoms with Gasteiger partial charge in [0, 0.05) is 6.07 Å². The molecule has 1 aliphatic heterocycles. The number of para-hydroxylation sites is 2. The van der Waals surface area contributed by atoms with Crippen molar-refractivity contribution < 1.29 is 23.0 Å². The predicted molar refractivity (Wildman–Crippen MR) is 87.7 cm³/mol. The van der Waals surface area contributed by atoms with E-state index in [0.29, 0.717) is 16.2 Å². The molecule has 2 heterocycles. The summed E-state index contributed by atoms with van der Waals surface area (Å²) >= 11 is 1.01. The van der Waals surface area contributed by atoms with Crippen molar-refractivity contribution in [2.24, 2.45) is 0 Å². The summed E-state index contributed by atoms with van der Waals surface area (Å²) in [6.45, 7) is 0.0597. The number of benzene rings is 2. The summed E-state index contributed by atoms with van der Waals surface area (Å²) < 4.78 is 38.2. The standard InChI is InChI=1S/C16H11F2N3O3S/c17-8-5-9(18)14-13(6-8)25-16(19-14)21-20-15(22)12-7-23-10-3-1-2-4-11(10)24-12/h1-6,12H,7H2,(H,19,21)(H,20,22)/t12-/m0/s1. The molecular weight excluding hydrogens is 352 g/mol. The van der Waals surface area contributed by atoms with Crippen molar-refractivity contribution in [2.45, 2.75) is 6.10 Å². The van der Waals surface area contributed by atoms with E-state index in [1.165, 1.54) is 6.07 Å². The number of carbonyl (C=O) groups excluding carboxylic acids is 1. The van der Waals surface area contributed by atoms with E-state index in [0.717, 1.165) is 17.4 Å². The zero-order valence-electron chi connectivity index (χ0n) is 12.6. The third-order valence-electron chi connectivity index (χ3n) is 3.51. The first-order chi connectivity index (χ1) is 12.1. The zero-order chi connectivity index (χ0) is 17.4. The van der Waals surface area contributed by atoms with Crippen molar-refractivity contribution in [3.8, 4) is 11.5 Å². The summed E-state index contributed by atoms with van der Waals surface area (Å²) in [5.74, 6) is -0.864. The highest BCUT2D eigenvalue weighted by atomic mass is 32.1. The van der Waals surface area contributed by atoms with Gasteiger partial charge in [-0.05, 0) is 18.2 Å². The third-order valence-corrected chi connectivity index (χ3v) is 4.42. The number of hydrazine groups is 1. The van der Waals surface area contributed by atoms with Gasteiger partial charge in [-0.3, -0.25) is 15.6 Å². The molecule has 128 valence electrons. The van der Waals surface area contributed by atoms with Crippen LogP contribution < -0.4 is 20.3 Å². The summed E-state index contributed by atoms with van der Waals surface area (Å²) in [5.41, 5.74) is 5.05. The number of hydrogen-bond acceptors (Lipinski definition) is 6. The Balaban J connectivity index is 1.43. The fourth-order valence-corrected chi connectivity index (χ4v) is 3.21. The van der Waals surface area contributed by atoms with Gasteiger partial charge in [0.05, 0.1) is 4.70 Å². The number of hydrogen-bond donors (Lipinski definition) is 2. The Morgan fingerprint density at radius 1 is 1.24 bits per heavy atom. The number of amides is 1. The van der Waals surface area contributed by atoms with Gasteiger partial charge in [-0.25, -0.2) is 13.8 Å². The molecule has 1 aromatic heterocycles. The minimum Gasteiger partial charge on any atom is -0.485 e. The molecule has 4 rings (SSSR count). The number of fused-ring (bicyclic) bond motifs is 2. The maximum absolute atomic E-state index is 13.6. The molecule has 1 aliphatic rings. The molecule has 0 spiro atoms.